The molecule has 0 unspecified atom stereocenters. The predicted octanol–water partition coefficient (Wildman–Crippen LogP) is 3.42. The summed E-state index contributed by atoms with van der Waals surface area (Å²) in [5.74, 6) is 0.908. The first kappa shape index (κ1) is 10.9. The normalized spacial score (nSPS) is 22.1. The molecule has 0 aromatic carbocycles. The second kappa shape index (κ2) is 4.93. The lowest BCUT2D eigenvalue weighted by Crippen LogP contribution is -2.26. The van der Waals surface area contributed by atoms with Crippen LogP contribution < -0.4 is 5.32 Å². The van der Waals surface area contributed by atoms with Crippen molar-refractivity contribution >= 4 is 12.6 Å². The van der Waals surface area contributed by atoms with Crippen LogP contribution in [0.15, 0.2) is 34.4 Å². The lowest BCUT2D eigenvalue weighted by Gasteiger charge is -2.26. The predicted molar refractivity (Wildman–Crippen MR) is 68.9 cm³/mol. The summed E-state index contributed by atoms with van der Waals surface area (Å²) in [6.45, 7) is 3.33. The number of thiol groups is 1. The monoisotopic (exact) mass is 221 g/mol. The van der Waals surface area contributed by atoms with E-state index in [0.29, 0.717) is 0 Å². The molecule has 0 heterocycles. The molecule has 1 N–H and O–H groups in total. The molecule has 2 aliphatic rings. The van der Waals surface area contributed by atoms with Crippen molar-refractivity contribution in [3.8, 4) is 0 Å². The molecule has 1 nitrogen and oxygen atoms in total. The van der Waals surface area contributed by atoms with Gasteiger partial charge in [0.1, 0.15) is 0 Å². The van der Waals surface area contributed by atoms with Crippen LogP contribution in [-0.4, -0.2) is 6.54 Å². The molecule has 0 amide bonds. The molecule has 0 aromatic heterocycles. The third-order valence-corrected chi connectivity index (χ3v) is 3.64. The maximum Gasteiger partial charge on any atom is 0.0332 e. The maximum atomic E-state index is 4.37. The van der Waals surface area contributed by atoms with Crippen LogP contribution in [0.4, 0.5) is 0 Å². The average Bonchev–Trinajstić information content (AvgIpc) is 2.30. The van der Waals surface area contributed by atoms with E-state index in [1.54, 1.807) is 0 Å². The van der Waals surface area contributed by atoms with Gasteiger partial charge >= 0.3 is 0 Å². The third kappa shape index (κ3) is 2.91. The van der Waals surface area contributed by atoms with Gasteiger partial charge in [0, 0.05) is 17.1 Å². The van der Waals surface area contributed by atoms with Crippen molar-refractivity contribution in [3.63, 3.8) is 0 Å². The Bertz CT molecular complexity index is 321. The number of hydrogen-bond donors (Lipinski definition) is 2. The van der Waals surface area contributed by atoms with E-state index in [-0.39, 0.29) is 0 Å². The molecule has 15 heavy (non-hydrogen) atoms. The highest BCUT2D eigenvalue weighted by Crippen LogP contribution is 2.26. The van der Waals surface area contributed by atoms with Gasteiger partial charge in [0.05, 0.1) is 0 Å². The van der Waals surface area contributed by atoms with Crippen molar-refractivity contribution in [1.29, 1.82) is 0 Å². The Kier molecular flexibility index (Phi) is 3.57. The molecule has 82 valence electrons. The van der Waals surface area contributed by atoms with Crippen molar-refractivity contribution in [2.24, 2.45) is 5.92 Å². The Hall–Kier alpha value is -0.630. The number of nitrogens with one attached hydrogen (secondary N) is 1. The van der Waals surface area contributed by atoms with Gasteiger partial charge in [-0.3, -0.25) is 0 Å². The first-order valence-electron chi connectivity index (χ1n) is 5.76. The van der Waals surface area contributed by atoms with E-state index >= 15 is 0 Å². The lowest BCUT2D eigenvalue weighted by atomic mass is 9.85. The summed E-state index contributed by atoms with van der Waals surface area (Å²) in [4.78, 5) is 1.06. The topological polar surface area (TPSA) is 12.0 Å². The van der Waals surface area contributed by atoms with E-state index in [1.165, 1.54) is 30.5 Å². The van der Waals surface area contributed by atoms with Gasteiger partial charge in [-0.25, -0.2) is 0 Å². The molecule has 0 bridgehead atoms. The smallest absolute Gasteiger partial charge is 0.0332 e. The van der Waals surface area contributed by atoms with Gasteiger partial charge in [-0.15, -0.1) is 12.6 Å². The summed E-state index contributed by atoms with van der Waals surface area (Å²) in [6, 6.07) is 0. The van der Waals surface area contributed by atoms with Gasteiger partial charge in [0.15, 0.2) is 0 Å². The molecule has 0 saturated heterocycles. The Morgan fingerprint density at radius 3 is 2.87 bits per heavy atom. The lowest BCUT2D eigenvalue weighted by molar-refractivity contribution is 0.310. The molecule has 2 heteroatoms. The van der Waals surface area contributed by atoms with Gasteiger partial charge < -0.3 is 5.32 Å². The van der Waals surface area contributed by atoms with Crippen LogP contribution in [0.5, 0.6) is 0 Å². The summed E-state index contributed by atoms with van der Waals surface area (Å²) in [5, 5.41) is 3.56. The number of rotatable bonds is 3. The molecule has 0 spiro atoms. The van der Waals surface area contributed by atoms with E-state index in [0.717, 1.165) is 23.8 Å². The van der Waals surface area contributed by atoms with E-state index < -0.39 is 0 Å². The van der Waals surface area contributed by atoms with Gasteiger partial charge in [-0.05, 0) is 49.8 Å². The van der Waals surface area contributed by atoms with E-state index in [1.807, 2.05) is 0 Å². The molecular weight excluding hydrogens is 202 g/mol. The Morgan fingerprint density at radius 2 is 2.20 bits per heavy atom. The minimum atomic E-state index is 0.908. The van der Waals surface area contributed by atoms with Crippen molar-refractivity contribution in [3.05, 3.63) is 34.4 Å². The van der Waals surface area contributed by atoms with Crippen molar-refractivity contribution in [2.75, 3.05) is 6.54 Å². The summed E-state index contributed by atoms with van der Waals surface area (Å²) in [6.07, 6.45) is 11.6. The van der Waals surface area contributed by atoms with Crippen LogP contribution in [0.3, 0.4) is 0 Å². The summed E-state index contributed by atoms with van der Waals surface area (Å²) < 4.78 is 0. The molecule has 1 saturated carbocycles. The van der Waals surface area contributed by atoms with Gasteiger partial charge in [-0.2, -0.15) is 0 Å². The molecule has 0 aromatic rings. The Labute approximate surface area is 97.7 Å². The summed E-state index contributed by atoms with van der Waals surface area (Å²) >= 11 is 4.37. The first-order valence-corrected chi connectivity index (χ1v) is 6.21. The highest BCUT2D eigenvalue weighted by Gasteiger charge is 2.17. The van der Waals surface area contributed by atoms with Gasteiger partial charge in [-0.1, -0.05) is 12.5 Å². The SMILES string of the molecule is CC1=C(NCC2CCC2)C=CC(S)=CC1. The van der Waals surface area contributed by atoms with Gasteiger partial charge in [0.2, 0.25) is 0 Å². The highest BCUT2D eigenvalue weighted by molar-refractivity contribution is 7.84. The maximum absolute atomic E-state index is 4.37. The van der Waals surface area contributed by atoms with Crippen molar-refractivity contribution < 1.29 is 0 Å². The van der Waals surface area contributed by atoms with Crippen LogP contribution in [0.1, 0.15) is 32.6 Å². The summed E-state index contributed by atoms with van der Waals surface area (Å²) in [5.41, 5.74) is 2.71. The first-order chi connectivity index (χ1) is 7.25. The molecule has 1 fully saturated rings. The van der Waals surface area contributed by atoms with E-state index in [2.05, 4.69) is 43.1 Å². The van der Waals surface area contributed by atoms with Crippen LogP contribution in [0, 0.1) is 5.92 Å². The van der Waals surface area contributed by atoms with Crippen LogP contribution in [0.2, 0.25) is 0 Å². The fourth-order valence-corrected chi connectivity index (χ4v) is 2.07. The van der Waals surface area contributed by atoms with Crippen molar-refractivity contribution in [1.82, 2.24) is 5.32 Å². The number of hydrogen-bond acceptors (Lipinski definition) is 2. The molecule has 2 rings (SSSR count). The zero-order valence-electron chi connectivity index (χ0n) is 9.29. The van der Waals surface area contributed by atoms with Crippen LogP contribution in [0.25, 0.3) is 0 Å². The molecule has 0 aliphatic heterocycles. The Morgan fingerprint density at radius 1 is 1.40 bits per heavy atom. The van der Waals surface area contributed by atoms with Gasteiger partial charge in [0.25, 0.3) is 0 Å². The van der Waals surface area contributed by atoms with Crippen LogP contribution >= 0.6 is 12.6 Å². The second-order valence-electron chi connectivity index (χ2n) is 4.54. The standard InChI is InChI=1S/C13H19NS/c1-10-5-6-12(15)7-8-13(10)14-9-11-3-2-4-11/h6-8,11,14-15H,2-5,9H2,1H3. The minimum Gasteiger partial charge on any atom is -0.385 e. The number of allylic oxidation sites excluding steroid dienone is 4. The molecular formula is C13H19NS. The highest BCUT2D eigenvalue weighted by atomic mass is 32.1. The Balaban J connectivity index is 1.91. The van der Waals surface area contributed by atoms with E-state index in [4.69, 9.17) is 0 Å². The molecule has 0 atom stereocenters. The van der Waals surface area contributed by atoms with E-state index in [9.17, 15) is 0 Å². The fraction of sp³-hybridized carbons (Fsp3) is 0.538. The van der Waals surface area contributed by atoms with Crippen molar-refractivity contribution in [2.45, 2.75) is 32.6 Å². The minimum absolute atomic E-state index is 0.908. The summed E-state index contributed by atoms with van der Waals surface area (Å²) in [7, 11) is 0. The quantitative estimate of drug-likeness (QED) is 0.696. The zero-order chi connectivity index (χ0) is 10.7. The van der Waals surface area contributed by atoms with Crippen LogP contribution in [-0.2, 0) is 0 Å². The second-order valence-corrected chi connectivity index (χ2v) is 5.05. The zero-order valence-corrected chi connectivity index (χ0v) is 10.2. The average molecular weight is 221 g/mol. The fourth-order valence-electron chi connectivity index (χ4n) is 1.91. The largest absolute Gasteiger partial charge is 0.385 e. The molecule has 2 aliphatic carbocycles. The third-order valence-electron chi connectivity index (χ3n) is 3.30. The molecule has 0 radical (unpaired) electrons.